The van der Waals surface area contributed by atoms with Gasteiger partial charge < -0.3 is 9.47 Å². The molecule has 0 spiro atoms. The second kappa shape index (κ2) is 6.65. The van der Waals surface area contributed by atoms with Crippen LogP contribution in [0, 0.1) is 5.92 Å². The van der Waals surface area contributed by atoms with Crippen molar-refractivity contribution in [2.75, 3.05) is 0 Å². The Morgan fingerprint density at radius 3 is 2.42 bits per heavy atom. The van der Waals surface area contributed by atoms with Crippen molar-refractivity contribution >= 4 is 40.7 Å². The Bertz CT molecular complexity index is 457. The predicted octanol–water partition coefficient (Wildman–Crippen LogP) is 2.53. The van der Waals surface area contributed by atoms with Gasteiger partial charge in [0.25, 0.3) is 5.79 Å². The Balaban J connectivity index is 2.82. The van der Waals surface area contributed by atoms with Crippen molar-refractivity contribution in [2.45, 2.75) is 19.6 Å². The van der Waals surface area contributed by atoms with Crippen LogP contribution in [-0.4, -0.2) is 23.9 Å². The number of carbonyl (C=O) groups is 2. The molecule has 0 bridgehead atoms. The van der Waals surface area contributed by atoms with Crippen LogP contribution in [0.2, 0.25) is 0 Å². The van der Waals surface area contributed by atoms with Crippen molar-refractivity contribution < 1.29 is 19.1 Å². The van der Waals surface area contributed by atoms with E-state index >= 15 is 0 Å². The average molecular weight is 375 g/mol. The third kappa shape index (κ3) is 4.62. The summed E-state index contributed by atoms with van der Waals surface area (Å²) in [7, 11) is 0. The highest BCUT2D eigenvalue weighted by Crippen LogP contribution is 2.22. The molecule has 0 atom stereocenters. The fraction of sp³-hybridized carbons (Fsp3) is 0.308. The molecule has 0 aromatic heterocycles. The summed E-state index contributed by atoms with van der Waals surface area (Å²) in [5.74, 6) is -3.67. The molecule has 19 heavy (non-hydrogen) atoms. The van der Waals surface area contributed by atoms with Crippen LogP contribution in [0.4, 0.5) is 0 Å². The first-order chi connectivity index (χ1) is 8.89. The number of hydrogen-bond acceptors (Lipinski definition) is 5. The highest BCUT2D eigenvalue weighted by atomic mass is 127. The van der Waals surface area contributed by atoms with Crippen molar-refractivity contribution in [2.24, 2.45) is 10.9 Å². The van der Waals surface area contributed by atoms with Gasteiger partial charge in [-0.05, 0) is 6.08 Å². The number of cyclic esters (lactones) is 2. The van der Waals surface area contributed by atoms with E-state index in [1.54, 1.807) is 22.3 Å². The van der Waals surface area contributed by atoms with Crippen LogP contribution in [-0.2, 0) is 19.1 Å². The molecule has 1 aliphatic rings. The number of nitrogens with zero attached hydrogens (tertiary/aromatic N) is 1. The number of rotatable bonds is 4. The lowest BCUT2D eigenvalue weighted by atomic mass is 10.1. The smallest absolute Gasteiger partial charge is 0.329 e. The number of carbonyl (C=O) groups excluding carboxylic acids is 2. The first-order valence-electron chi connectivity index (χ1n) is 5.49. The highest BCUT2D eigenvalue weighted by molar-refractivity contribution is 14.1. The van der Waals surface area contributed by atoms with Gasteiger partial charge in [-0.15, -0.1) is 0 Å². The molecule has 1 rings (SSSR count). The average Bonchev–Trinajstić information content (AvgIpc) is 2.30. The van der Waals surface area contributed by atoms with Crippen LogP contribution in [0.1, 0.15) is 13.8 Å². The molecule has 0 aliphatic carbocycles. The maximum absolute atomic E-state index is 11.7. The lowest BCUT2D eigenvalue weighted by Crippen LogP contribution is -2.46. The SMILES string of the molecule is C=C\C=C/C(=C\I)/N=C/C1C(=O)OC(C)(C)OC1=O. The summed E-state index contributed by atoms with van der Waals surface area (Å²) >= 11 is 2.01. The van der Waals surface area contributed by atoms with Crippen molar-refractivity contribution in [3.05, 3.63) is 34.6 Å². The topological polar surface area (TPSA) is 65.0 Å². The van der Waals surface area contributed by atoms with E-state index in [1.165, 1.54) is 20.1 Å². The molecule has 0 saturated carbocycles. The molecule has 1 heterocycles. The normalized spacial score (nSPS) is 20.7. The molecule has 0 amide bonds. The number of ether oxygens (including phenoxy) is 2. The first-order valence-corrected chi connectivity index (χ1v) is 6.73. The molecular formula is C13H14INO4. The van der Waals surface area contributed by atoms with Crippen molar-refractivity contribution in [3.63, 3.8) is 0 Å². The van der Waals surface area contributed by atoms with E-state index in [4.69, 9.17) is 9.47 Å². The van der Waals surface area contributed by atoms with Gasteiger partial charge in [-0.1, -0.05) is 41.3 Å². The Morgan fingerprint density at radius 2 is 1.95 bits per heavy atom. The van der Waals surface area contributed by atoms with E-state index in [2.05, 4.69) is 11.6 Å². The maximum Gasteiger partial charge on any atom is 0.329 e. The van der Waals surface area contributed by atoms with Gasteiger partial charge in [0, 0.05) is 24.1 Å². The Hall–Kier alpha value is -1.44. The minimum Gasteiger partial charge on any atom is -0.422 e. The second-order valence-electron chi connectivity index (χ2n) is 4.13. The number of esters is 2. The van der Waals surface area contributed by atoms with E-state index < -0.39 is 23.6 Å². The fourth-order valence-corrected chi connectivity index (χ4v) is 1.65. The second-order valence-corrected chi connectivity index (χ2v) is 4.75. The fourth-order valence-electron chi connectivity index (χ4n) is 1.29. The zero-order valence-electron chi connectivity index (χ0n) is 10.6. The largest absolute Gasteiger partial charge is 0.422 e. The Morgan fingerprint density at radius 1 is 1.37 bits per heavy atom. The van der Waals surface area contributed by atoms with Gasteiger partial charge in [0.2, 0.25) is 0 Å². The van der Waals surface area contributed by atoms with Crippen molar-refractivity contribution in [1.29, 1.82) is 0 Å². The molecule has 1 aliphatic heterocycles. The van der Waals surface area contributed by atoms with E-state index in [0.29, 0.717) is 5.70 Å². The molecule has 0 radical (unpaired) electrons. The number of hydrogen-bond donors (Lipinski definition) is 0. The summed E-state index contributed by atoms with van der Waals surface area (Å²) in [4.78, 5) is 27.4. The third-order valence-electron chi connectivity index (χ3n) is 2.09. The zero-order valence-corrected chi connectivity index (χ0v) is 12.8. The summed E-state index contributed by atoms with van der Waals surface area (Å²) in [6.45, 7) is 6.54. The zero-order chi connectivity index (χ0) is 14.5. The minimum absolute atomic E-state index is 0.589. The molecule has 5 nitrogen and oxygen atoms in total. The maximum atomic E-state index is 11.7. The molecule has 0 N–H and O–H groups in total. The number of allylic oxidation sites excluding steroid dienone is 3. The molecule has 102 valence electrons. The molecule has 0 aromatic carbocycles. The van der Waals surface area contributed by atoms with Gasteiger partial charge in [-0.2, -0.15) is 0 Å². The quantitative estimate of drug-likeness (QED) is 0.249. The van der Waals surface area contributed by atoms with Crippen molar-refractivity contribution in [1.82, 2.24) is 0 Å². The van der Waals surface area contributed by atoms with Crippen LogP contribution in [0.15, 0.2) is 39.6 Å². The van der Waals surface area contributed by atoms with E-state index in [9.17, 15) is 9.59 Å². The van der Waals surface area contributed by atoms with Gasteiger partial charge in [0.05, 0.1) is 5.70 Å². The molecule has 0 unspecified atom stereocenters. The first kappa shape index (κ1) is 15.6. The van der Waals surface area contributed by atoms with Crippen LogP contribution >= 0.6 is 22.6 Å². The van der Waals surface area contributed by atoms with Gasteiger partial charge >= 0.3 is 11.9 Å². The summed E-state index contributed by atoms with van der Waals surface area (Å²) in [5.41, 5.74) is 0.589. The van der Waals surface area contributed by atoms with Crippen LogP contribution in [0.3, 0.4) is 0 Å². The molecule has 1 saturated heterocycles. The predicted molar refractivity (Wildman–Crippen MR) is 79.7 cm³/mol. The standard InChI is InChI=1S/C13H14INO4/c1-4-5-6-9(7-14)15-8-10-11(16)18-13(2,3)19-12(10)17/h4-8,10H,1H2,2-3H3/b6-5-,9-7+,15-8+. The van der Waals surface area contributed by atoms with Gasteiger partial charge in [-0.25, -0.2) is 0 Å². The summed E-state index contributed by atoms with van der Waals surface area (Å²) in [5, 5.41) is 0. The van der Waals surface area contributed by atoms with E-state index in [1.807, 2.05) is 22.6 Å². The number of halogens is 1. The summed E-state index contributed by atoms with van der Waals surface area (Å²) in [6, 6.07) is 0. The van der Waals surface area contributed by atoms with E-state index in [-0.39, 0.29) is 0 Å². The molecule has 1 fully saturated rings. The third-order valence-corrected chi connectivity index (χ3v) is 2.73. The van der Waals surface area contributed by atoms with Crippen LogP contribution < -0.4 is 0 Å². The lowest BCUT2D eigenvalue weighted by molar-refractivity contribution is -0.235. The molecular weight excluding hydrogens is 361 g/mol. The lowest BCUT2D eigenvalue weighted by Gasteiger charge is -2.31. The monoisotopic (exact) mass is 375 g/mol. The molecule has 0 aromatic rings. The number of aliphatic imine (C=N–C) groups is 1. The summed E-state index contributed by atoms with van der Waals surface area (Å²) < 4.78 is 11.7. The van der Waals surface area contributed by atoms with Gasteiger partial charge in [0.1, 0.15) is 0 Å². The highest BCUT2D eigenvalue weighted by Gasteiger charge is 2.42. The Kier molecular flexibility index (Phi) is 5.46. The summed E-state index contributed by atoms with van der Waals surface area (Å²) in [6.07, 6.45) is 6.21. The molecule has 6 heteroatoms. The van der Waals surface area contributed by atoms with Crippen molar-refractivity contribution in [3.8, 4) is 0 Å². The van der Waals surface area contributed by atoms with Crippen LogP contribution in [0.25, 0.3) is 0 Å². The minimum atomic E-state index is -1.22. The van der Waals surface area contributed by atoms with E-state index in [0.717, 1.165) is 0 Å². The Labute approximate surface area is 125 Å². The van der Waals surface area contributed by atoms with Gasteiger partial charge in [0.15, 0.2) is 5.92 Å². The van der Waals surface area contributed by atoms with Crippen LogP contribution in [0.5, 0.6) is 0 Å². The van der Waals surface area contributed by atoms with Gasteiger partial charge in [-0.3, -0.25) is 14.6 Å².